The van der Waals surface area contributed by atoms with Crippen molar-refractivity contribution in [1.29, 1.82) is 0 Å². The molecular formula is C23H24N2O3S2. The Morgan fingerprint density at radius 2 is 1.63 bits per heavy atom. The molecule has 2 heterocycles. The molecule has 0 saturated carbocycles. The molecule has 7 heteroatoms. The predicted molar refractivity (Wildman–Crippen MR) is 125 cm³/mol. The summed E-state index contributed by atoms with van der Waals surface area (Å²) in [4.78, 5) is 3.66. The Morgan fingerprint density at radius 1 is 0.967 bits per heavy atom. The summed E-state index contributed by atoms with van der Waals surface area (Å²) in [6.45, 7) is 0.844. The van der Waals surface area contributed by atoms with Crippen LogP contribution in [-0.4, -0.2) is 37.9 Å². The van der Waals surface area contributed by atoms with Gasteiger partial charge in [0.2, 0.25) is 0 Å². The molecule has 4 rings (SSSR count). The van der Waals surface area contributed by atoms with Gasteiger partial charge in [-0.1, -0.05) is 12.1 Å². The van der Waals surface area contributed by atoms with Crippen LogP contribution >= 0.6 is 23.6 Å². The molecule has 3 aromatic rings. The van der Waals surface area contributed by atoms with Crippen LogP contribution in [0.5, 0.6) is 17.2 Å². The average molecular weight is 441 g/mol. The molecule has 1 aromatic heterocycles. The third-order valence-corrected chi connectivity index (χ3v) is 6.59. The standard InChI is InChI=1S/C23H24N2O3S2/c1-26-17-6-4-15(5-7-17)22-20-9-11-30-21(20)8-10-25(22)23(29)24-16-12-18(27-2)14-19(13-16)28-3/h4-7,9,11-14,22H,8,10H2,1-3H3,(H,24,29). The number of nitrogens with zero attached hydrogens (tertiary/aromatic N) is 1. The van der Waals surface area contributed by atoms with E-state index in [9.17, 15) is 0 Å². The van der Waals surface area contributed by atoms with E-state index in [1.54, 1.807) is 21.3 Å². The number of fused-ring (bicyclic) bond motifs is 1. The van der Waals surface area contributed by atoms with Crippen molar-refractivity contribution in [2.45, 2.75) is 12.5 Å². The van der Waals surface area contributed by atoms with E-state index in [1.807, 2.05) is 41.7 Å². The van der Waals surface area contributed by atoms with E-state index in [0.717, 1.165) is 24.4 Å². The number of methoxy groups -OCH3 is 3. The van der Waals surface area contributed by atoms with Gasteiger partial charge in [-0.25, -0.2) is 0 Å². The molecule has 0 fully saturated rings. The van der Waals surface area contributed by atoms with Crippen LogP contribution in [0.25, 0.3) is 0 Å². The van der Waals surface area contributed by atoms with E-state index in [-0.39, 0.29) is 6.04 Å². The maximum atomic E-state index is 5.86. The van der Waals surface area contributed by atoms with Crippen molar-refractivity contribution >= 4 is 34.4 Å². The highest BCUT2D eigenvalue weighted by Crippen LogP contribution is 2.39. The number of ether oxygens (including phenoxy) is 3. The lowest BCUT2D eigenvalue weighted by atomic mass is 9.93. The lowest BCUT2D eigenvalue weighted by Crippen LogP contribution is -2.42. The van der Waals surface area contributed by atoms with Crippen LogP contribution in [0, 0.1) is 0 Å². The highest BCUT2D eigenvalue weighted by atomic mass is 32.1. The summed E-state index contributed by atoms with van der Waals surface area (Å²) in [7, 11) is 4.96. The Morgan fingerprint density at radius 3 is 2.27 bits per heavy atom. The minimum absolute atomic E-state index is 0.0541. The van der Waals surface area contributed by atoms with Crippen LogP contribution in [0.1, 0.15) is 22.0 Å². The van der Waals surface area contributed by atoms with Crippen LogP contribution in [0.15, 0.2) is 53.9 Å². The SMILES string of the molecule is COc1ccc(C2c3ccsc3CCN2C(=S)Nc2cc(OC)cc(OC)c2)cc1. The highest BCUT2D eigenvalue weighted by molar-refractivity contribution is 7.80. The number of hydrogen-bond acceptors (Lipinski definition) is 5. The van der Waals surface area contributed by atoms with Gasteiger partial charge >= 0.3 is 0 Å². The minimum Gasteiger partial charge on any atom is -0.497 e. The molecule has 156 valence electrons. The van der Waals surface area contributed by atoms with Crippen LogP contribution in [0.4, 0.5) is 5.69 Å². The molecule has 5 nitrogen and oxygen atoms in total. The number of thiocarbonyl (C=S) groups is 1. The molecule has 0 bridgehead atoms. The first-order valence-electron chi connectivity index (χ1n) is 9.64. The molecule has 0 aliphatic carbocycles. The summed E-state index contributed by atoms with van der Waals surface area (Å²) < 4.78 is 16.1. The molecule has 0 saturated heterocycles. The van der Waals surface area contributed by atoms with Gasteiger partial charge in [-0.3, -0.25) is 0 Å². The molecule has 2 aromatic carbocycles. The van der Waals surface area contributed by atoms with Gasteiger partial charge in [0.05, 0.1) is 27.4 Å². The monoisotopic (exact) mass is 440 g/mol. The molecule has 1 N–H and O–H groups in total. The Bertz CT molecular complexity index is 1010. The average Bonchev–Trinajstić information content (AvgIpc) is 3.27. The molecule has 1 aliphatic rings. The van der Waals surface area contributed by atoms with Gasteiger partial charge in [-0.05, 0) is 53.3 Å². The molecule has 30 heavy (non-hydrogen) atoms. The zero-order valence-electron chi connectivity index (χ0n) is 17.2. The minimum atomic E-state index is 0.0541. The number of rotatable bonds is 5. The van der Waals surface area contributed by atoms with Crippen molar-refractivity contribution < 1.29 is 14.2 Å². The summed E-state index contributed by atoms with van der Waals surface area (Å²) in [5.74, 6) is 2.27. The van der Waals surface area contributed by atoms with E-state index in [0.29, 0.717) is 16.6 Å². The summed E-state index contributed by atoms with van der Waals surface area (Å²) in [5.41, 5.74) is 3.33. The topological polar surface area (TPSA) is 43.0 Å². The van der Waals surface area contributed by atoms with Crippen molar-refractivity contribution in [2.24, 2.45) is 0 Å². The molecular weight excluding hydrogens is 416 g/mol. The first-order chi connectivity index (χ1) is 14.6. The fraction of sp³-hybridized carbons (Fsp3) is 0.261. The van der Waals surface area contributed by atoms with E-state index in [2.05, 4.69) is 33.8 Å². The normalized spacial score (nSPS) is 15.3. The quantitative estimate of drug-likeness (QED) is 0.556. The van der Waals surface area contributed by atoms with Gasteiger partial charge < -0.3 is 24.4 Å². The van der Waals surface area contributed by atoms with E-state index >= 15 is 0 Å². The van der Waals surface area contributed by atoms with Crippen molar-refractivity contribution in [1.82, 2.24) is 4.90 Å². The zero-order chi connectivity index (χ0) is 21.1. The summed E-state index contributed by atoms with van der Waals surface area (Å²) in [6, 6.07) is 16.1. The predicted octanol–water partition coefficient (Wildman–Crippen LogP) is 5.12. The van der Waals surface area contributed by atoms with Crippen LogP contribution in [-0.2, 0) is 6.42 Å². The number of benzene rings is 2. The third-order valence-electron chi connectivity index (χ3n) is 5.26. The van der Waals surface area contributed by atoms with Gasteiger partial charge in [0.25, 0.3) is 0 Å². The second kappa shape index (κ2) is 8.93. The van der Waals surface area contributed by atoms with Crippen LogP contribution in [0.3, 0.4) is 0 Å². The van der Waals surface area contributed by atoms with Gasteiger partial charge in [-0.2, -0.15) is 0 Å². The number of nitrogens with one attached hydrogen (secondary N) is 1. The molecule has 1 aliphatic heterocycles. The molecule has 1 unspecified atom stereocenters. The van der Waals surface area contributed by atoms with Gasteiger partial charge in [0.1, 0.15) is 17.2 Å². The second-order valence-corrected chi connectivity index (χ2v) is 8.34. The van der Waals surface area contributed by atoms with Crippen molar-refractivity contribution in [3.8, 4) is 17.2 Å². The van der Waals surface area contributed by atoms with Gasteiger partial charge in [-0.15, -0.1) is 11.3 Å². The van der Waals surface area contributed by atoms with Gasteiger partial charge in [0, 0.05) is 35.3 Å². The fourth-order valence-electron chi connectivity index (χ4n) is 3.76. The number of anilines is 1. The molecule has 0 spiro atoms. The van der Waals surface area contributed by atoms with Crippen LogP contribution in [0.2, 0.25) is 0 Å². The number of hydrogen-bond donors (Lipinski definition) is 1. The Kier molecular flexibility index (Phi) is 6.11. The summed E-state index contributed by atoms with van der Waals surface area (Å²) in [5, 5.41) is 6.21. The number of thiophene rings is 1. The maximum Gasteiger partial charge on any atom is 0.174 e. The van der Waals surface area contributed by atoms with Gasteiger partial charge in [0.15, 0.2) is 5.11 Å². The lowest BCUT2D eigenvalue weighted by Gasteiger charge is -2.38. The second-order valence-electron chi connectivity index (χ2n) is 6.95. The van der Waals surface area contributed by atoms with Crippen molar-refractivity contribution in [3.05, 3.63) is 69.9 Å². The van der Waals surface area contributed by atoms with Crippen molar-refractivity contribution in [2.75, 3.05) is 33.2 Å². The summed E-state index contributed by atoms with van der Waals surface area (Å²) >= 11 is 7.67. The molecule has 0 radical (unpaired) electrons. The largest absolute Gasteiger partial charge is 0.497 e. The Hall–Kier alpha value is -2.77. The van der Waals surface area contributed by atoms with E-state index in [4.69, 9.17) is 26.4 Å². The van der Waals surface area contributed by atoms with E-state index < -0.39 is 0 Å². The third kappa shape index (κ3) is 4.08. The Balaban J connectivity index is 1.65. The first-order valence-corrected chi connectivity index (χ1v) is 10.9. The van der Waals surface area contributed by atoms with Crippen molar-refractivity contribution in [3.63, 3.8) is 0 Å². The Labute approximate surface area is 186 Å². The molecule has 0 amide bonds. The zero-order valence-corrected chi connectivity index (χ0v) is 18.8. The smallest absolute Gasteiger partial charge is 0.174 e. The highest BCUT2D eigenvalue weighted by Gasteiger charge is 2.31. The first kappa shape index (κ1) is 20.5. The molecule has 1 atom stereocenters. The van der Waals surface area contributed by atoms with E-state index in [1.165, 1.54) is 16.0 Å². The fourth-order valence-corrected chi connectivity index (χ4v) is 4.97. The summed E-state index contributed by atoms with van der Waals surface area (Å²) in [6.07, 6.45) is 0.975. The maximum absolute atomic E-state index is 5.86. The van der Waals surface area contributed by atoms with Crippen LogP contribution < -0.4 is 19.5 Å². The lowest BCUT2D eigenvalue weighted by molar-refractivity contribution is 0.346.